The van der Waals surface area contributed by atoms with Crippen LogP contribution in [0.2, 0.25) is 0 Å². The highest BCUT2D eigenvalue weighted by molar-refractivity contribution is 6.06. The van der Waals surface area contributed by atoms with Crippen molar-refractivity contribution in [2.24, 2.45) is 0 Å². The maximum Gasteiger partial charge on any atom is 0.329 e. The molecule has 0 saturated carbocycles. The number of phenolic OH excluding ortho intramolecular Hbond substituents is 4. The molecule has 1 aliphatic rings. The number of rotatable bonds is 4. The first-order valence-electron chi connectivity index (χ1n) is 7.40. The molecule has 2 atom stereocenters. The Balaban J connectivity index is 2.08. The molecule has 2 aromatic rings. The molecule has 0 bridgehead atoms. The van der Waals surface area contributed by atoms with Gasteiger partial charge in [0.25, 0.3) is 0 Å². The van der Waals surface area contributed by atoms with Gasteiger partial charge in [0.2, 0.25) is 5.78 Å². The molecule has 1 aliphatic heterocycles. The third kappa shape index (κ3) is 3.07. The van der Waals surface area contributed by atoms with Crippen molar-refractivity contribution in [3.8, 4) is 28.7 Å². The van der Waals surface area contributed by atoms with Crippen LogP contribution in [-0.2, 0) is 9.53 Å². The molecule has 0 spiro atoms. The molecule has 5 N–H and O–H groups in total. The van der Waals surface area contributed by atoms with Gasteiger partial charge in [0.15, 0.2) is 23.7 Å². The lowest BCUT2D eigenvalue weighted by molar-refractivity contribution is -0.145. The van der Waals surface area contributed by atoms with Crippen LogP contribution in [0.5, 0.6) is 28.7 Å². The standard InChI is InChI=1S/C17H14O9/c18-8-4-11(21)14-12(5-8)26-16(7-1-2-9(19)10(20)3-7)17(15(14)24)25-6-13(22)23/h1-5,16-21H,6H2,(H,22,23)/t16-,17+/m1/s1. The van der Waals surface area contributed by atoms with Crippen molar-refractivity contribution in [2.75, 3.05) is 6.61 Å². The molecule has 136 valence electrons. The predicted octanol–water partition coefficient (Wildman–Crippen LogP) is 1.30. The van der Waals surface area contributed by atoms with Gasteiger partial charge in [-0.3, -0.25) is 4.79 Å². The number of phenols is 4. The summed E-state index contributed by atoms with van der Waals surface area (Å²) in [6.45, 7) is -0.797. The van der Waals surface area contributed by atoms with Crippen LogP contribution in [0.3, 0.4) is 0 Å². The Morgan fingerprint density at radius 1 is 1.04 bits per heavy atom. The molecule has 2 aromatic carbocycles. The van der Waals surface area contributed by atoms with Crippen LogP contribution in [0.4, 0.5) is 0 Å². The van der Waals surface area contributed by atoms with Gasteiger partial charge in [-0.05, 0) is 17.7 Å². The number of hydrogen-bond acceptors (Lipinski definition) is 8. The average molecular weight is 362 g/mol. The van der Waals surface area contributed by atoms with Gasteiger partial charge in [-0.1, -0.05) is 6.07 Å². The van der Waals surface area contributed by atoms with Crippen LogP contribution < -0.4 is 4.74 Å². The zero-order valence-electron chi connectivity index (χ0n) is 13.1. The van der Waals surface area contributed by atoms with E-state index in [1.165, 1.54) is 12.1 Å². The number of ether oxygens (including phenoxy) is 2. The van der Waals surface area contributed by atoms with Crippen molar-refractivity contribution in [1.29, 1.82) is 0 Å². The number of carbonyl (C=O) groups excluding carboxylic acids is 1. The Bertz CT molecular complexity index is 890. The zero-order valence-corrected chi connectivity index (χ0v) is 13.1. The number of ketones is 1. The van der Waals surface area contributed by atoms with Crippen molar-refractivity contribution in [1.82, 2.24) is 0 Å². The second kappa shape index (κ2) is 6.45. The number of carboxylic acid groups (broad SMARTS) is 1. The molecule has 0 unspecified atom stereocenters. The Hall–Kier alpha value is -3.46. The number of carbonyl (C=O) groups is 2. The normalized spacial score (nSPS) is 18.8. The van der Waals surface area contributed by atoms with Crippen molar-refractivity contribution in [3.63, 3.8) is 0 Å². The van der Waals surface area contributed by atoms with Gasteiger partial charge in [0.05, 0.1) is 0 Å². The summed E-state index contributed by atoms with van der Waals surface area (Å²) in [5, 5.41) is 47.5. The number of carboxylic acids is 1. The summed E-state index contributed by atoms with van der Waals surface area (Å²) in [5.41, 5.74) is -0.0324. The summed E-state index contributed by atoms with van der Waals surface area (Å²) in [6, 6.07) is 5.73. The highest BCUT2D eigenvalue weighted by Gasteiger charge is 2.41. The van der Waals surface area contributed by atoms with Crippen molar-refractivity contribution >= 4 is 11.8 Å². The minimum atomic E-state index is -1.43. The molecular weight excluding hydrogens is 348 g/mol. The largest absolute Gasteiger partial charge is 0.508 e. The van der Waals surface area contributed by atoms with Gasteiger partial charge in [0, 0.05) is 12.1 Å². The van der Waals surface area contributed by atoms with E-state index in [1.807, 2.05) is 0 Å². The number of Topliss-reactive ketones (excluding diaryl/α,β-unsaturated/α-hetero) is 1. The fourth-order valence-electron chi connectivity index (χ4n) is 2.69. The Labute approximate surface area is 146 Å². The fourth-order valence-corrected chi connectivity index (χ4v) is 2.69. The maximum atomic E-state index is 12.7. The van der Waals surface area contributed by atoms with E-state index in [4.69, 9.17) is 14.6 Å². The molecule has 0 aliphatic carbocycles. The van der Waals surface area contributed by atoms with E-state index < -0.39 is 47.8 Å². The minimum absolute atomic E-state index is 0.125. The van der Waals surface area contributed by atoms with Crippen LogP contribution in [-0.4, -0.2) is 50.0 Å². The quantitative estimate of drug-likeness (QED) is 0.506. The van der Waals surface area contributed by atoms with Crippen LogP contribution in [0.25, 0.3) is 0 Å². The van der Waals surface area contributed by atoms with Crippen LogP contribution in [0.1, 0.15) is 22.0 Å². The number of hydrogen-bond donors (Lipinski definition) is 5. The summed E-state index contributed by atoms with van der Waals surface area (Å²) >= 11 is 0. The third-order valence-corrected chi connectivity index (χ3v) is 3.81. The summed E-state index contributed by atoms with van der Waals surface area (Å²) < 4.78 is 10.8. The highest BCUT2D eigenvalue weighted by Crippen LogP contribution is 2.43. The van der Waals surface area contributed by atoms with Gasteiger partial charge in [-0.2, -0.15) is 0 Å². The summed E-state index contributed by atoms with van der Waals surface area (Å²) in [6.07, 6.45) is -2.61. The molecule has 3 rings (SSSR count). The molecule has 1 heterocycles. The molecule has 0 saturated heterocycles. The zero-order chi connectivity index (χ0) is 19.0. The average Bonchev–Trinajstić information content (AvgIpc) is 2.55. The molecule has 9 nitrogen and oxygen atoms in total. The van der Waals surface area contributed by atoms with Crippen LogP contribution >= 0.6 is 0 Å². The van der Waals surface area contributed by atoms with Crippen LogP contribution in [0, 0.1) is 0 Å². The van der Waals surface area contributed by atoms with Gasteiger partial charge in [-0.25, -0.2) is 4.79 Å². The molecule has 0 fully saturated rings. The smallest absolute Gasteiger partial charge is 0.329 e. The predicted molar refractivity (Wildman–Crippen MR) is 84.6 cm³/mol. The summed E-state index contributed by atoms with van der Waals surface area (Å²) in [7, 11) is 0. The summed E-state index contributed by atoms with van der Waals surface area (Å²) in [5.74, 6) is -3.93. The SMILES string of the molecule is O=C(O)CO[C@H]1C(=O)c2c(O)cc(O)cc2O[C@@H]1c1ccc(O)c(O)c1. The second-order valence-corrected chi connectivity index (χ2v) is 5.61. The third-order valence-electron chi connectivity index (χ3n) is 3.81. The maximum absolute atomic E-state index is 12.7. The van der Waals surface area contributed by atoms with Gasteiger partial charge in [0.1, 0.15) is 29.4 Å². The van der Waals surface area contributed by atoms with Gasteiger partial charge >= 0.3 is 5.97 Å². The number of aliphatic carboxylic acids is 1. The topological polar surface area (TPSA) is 154 Å². The first kappa shape index (κ1) is 17.4. The monoisotopic (exact) mass is 362 g/mol. The Morgan fingerprint density at radius 3 is 2.42 bits per heavy atom. The van der Waals surface area contributed by atoms with Gasteiger partial charge < -0.3 is 35.0 Å². The molecular formula is C17H14O9. The number of fused-ring (bicyclic) bond motifs is 1. The Kier molecular flexibility index (Phi) is 4.31. The lowest BCUT2D eigenvalue weighted by Crippen LogP contribution is -2.39. The molecule has 9 heteroatoms. The van der Waals surface area contributed by atoms with E-state index >= 15 is 0 Å². The lowest BCUT2D eigenvalue weighted by atomic mass is 9.92. The fraction of sp³-hybridized carbons (Fsp3) is 0.176. The lowest BCUT2D eigenvalue weighted by Gasteiger charge is -2.32. The highest BCUT2D eigenvalue weighted by atomic mass is 16.6. The van der Waals surface area contributed by atoms with E-state index in [9.17, 15) is 30.0 Å². The molecule has 0 radical (unpaired) electrons. The second-order valence-electron chi connectivity index (χ2n) is 5.61. The van der Waals surface area contributed by atoms with E-state index in [2.05, 4.69) is 0 Å². The van der Waals surface area contributed by atoms with Crippen molar-refractivity contribution < 1.29 is 44.6 Å². The van der Waals surface area contributed by atoms with Crippen LogP contribution in [0.15, 0.2) is 30.3 Å². The number of benzene rings is 2. The van der Waals surface area contributed by atoms with E-state index in [0.717, 1.165) is 18.2 Å². The molecule has 26 heavy (non-hydrogen) atoms. The first-order chi connectivity index (χ1) is 12.3. The van der Waals surface area contributed by atoms with E-state index in [-0.39, 0.29) is 22.6 Å². The van der Waals surface area contributed by atoms with Gasteiger partial charge in [-0.15, -0.1) is 0 Å². The van der Waals surface area contributed by atoms with Crippen molar-refractivity contribution in [2.45, 2.75) is 12.2 Å². The number of aromatic hydroxyl groups is 4. The van der Waals surface area contributed by atoms with E-state index in [1.54, 1.807) is 0 Å². The van der Waals surface area contributed by atoms with Crippen molar-refractivity contribution in [3.05, 3.63) is 41.5 Å². The molecule has 0 amide bonds. The minimum Gasteiger partial charge on any atom is -0.508 e. The molecule has 0 aromatic heterocycles. The summed E-state index contributed by atoms with van der Waals surface area (Å²) in [4.78, 5) is 23.6. The Morgan fingerprint density at radius 2 is 1.77 bits per heavy atom. The first-order valence-corrected chi connectivity index (χ1v) is 7.40. The van der Waals surface area contributed by atoms with E-state index in [0.29, 0.717) is 0 Å².